The van der Waals surface area contributed by atoms with Gasteiger partial charge in [0, 0.05) is 19.3 Å². The highest BCUT2D eigenvalue weighted by Gasteiger charge is 2.32. The second kappa shape index (κ2) is 12.9. The fraction of sp³-hybridized carbons (Fsp3) is 0.440. The molecule has 1 atom stereocenters. The summed E-state index contributed by atoms with van der Waals surface area (Å²) in [5.74, 6) is -0.0859. The lowest BCUT2D eigenvalue weighted by Gasteiger charge is -2.29. The predicted octanol–water partition coefficient (Wildman–Crippen LogP) is 4.10. The van der Waals surface area contributed by atoms with Crippen molar-refractivity contribution in [1.29, 1.82) is 0 Å². The van der Waals surface area contributed by atoms with E-state index in [0.29, 0.717) is 23.4 Å². The van der Waals surface area contributed by atoms with Gasteiger partial charge in [-0.1, -0.05) is 19.4 Å². The van der Waals surface area contributed by atoms with Gasteiger partial charge in [-0.05, 0) is 54.7 Å². The molecule has 0 bridgehead atoms. The van der Waals surface area contributed by atoms with Crippen LogP contribution in [0.5, 0.6) is 5.75 Å². The Morgan fingerprint density at radius 3 is 2.81 bits per heavy atom. The van der Waals surface area contributed by atoms with Crippen molar-refractivity contribution >= 4 is 24.4 Å². The number of methoxy groups -OCH3 is 1. The number of benzene rings is 1. The minimum Gasteiger partial charge on any atom is -0.496 e. The Labute approximate surface area is 213 Å². The molecule has 0 radical (unpaired) electrons. The van der Waals surface area contributed by atoms with Gasteiger partial charge in [0.1, 0.15) is 11.9 Å². The molecule has 12 heteroatoms. The Morgan fingerprint density at radius 1 is 1.27 bits per heavy atom. The number of hydrogen-bond acceptors (Lipinski definition) is 7. The number of ether oxygens (including phenoxy) is 2. The molecule has 2 amide bonds. The number of nitrogens with zero attached hydrogens (tertiary/aromatic N) is 3. The average Bonchev–Trinajstić information content (AvgIpc) is 2.88. The predicted molar refractivity (Wildman–Crippen MR) is 133 cm³/mol. The van der Waals surface area contributed by atoms with E-state index in [2.05, 4.69) is 32.5 Å². The molecule has 2 aliphatic heterocycles. The van der Waals surface area contributed by atoms with Crippen LogP contribution in [-0.2, 0) is 17.7 Å². The summed E-state index contributed by atoms with van der Waals surface area (Å²) in [4.78, 5) is 26.4. The first-order chi connectivity index (χ1) is 17.7. The quantitative estimate of drug-likeness (QED) is 0.289. The molecular weight excluding hydrogens is 491 g/mol. The number of alkyl halides is 3. The van der Waals surface area contributed by atoms with Gasteiger partial charge >= 0.3 is 12.3 Å². The average molecular weight is 522 g/mol. The van der Waals surface area contributed by atoms with Crippen LogP contribution >= 0.6 is 0 Å². The number of carbonyl (C=O) groups excluding carboxylic acids is 2. The summed E-state index contributed by atoms with van der Waals surface area (Å²) < 4.78 is 47.0. The van der Waals surface area contributed by atoms with E-state index in [1.54, 1.807) is 42.8 Å². The number of allylic oxidation sites excluding steroid dienone is 3. The number of unbranched alkanes of at least 4 members (excludes halogenated alkanes) is 2. The summed E-state index contributed by atoms with van der Waals surface area (Å²) in [6.45, 7) is 0.649. The minimum atomic E-state index is -4.60. The minimum absolute atomic E-state index is 0.0139. The van der Waals surface area contributed by atoms with Crippen LogP contribution in [0.3, 0.4) is 0 Å². The molecule has 2 heterocycles. The highest BCUT2D eigenvalue weighted by molar-refractivity contribution is 5.97. The number of halogens is 3. The first-order valence-electron chi connectivity index (χ1n) is 11.9. The summed E-state index contributed by atoms with van der Waals surface area (Å²) in [6, 6.07) is 3.30. The van der Waals surface area contributed by atoms with Crippen LogP contribution in [0, 0.1) is 0 Å². The summed E-state index contributed by atoms with van der Waals surface area (Å²) in [7, 11) is 1.44. The van der Waals surface area contributed by atoms with Gasteiger partial charge in [-0.2, -0.15) is 23.4 Å². The Hall–Kier alpha value is -3.83. The molecule has 3 rings (SSSR count). The van der Waals surface area contributed by atoms with Crippen LogP contribution in [0.25, 0.3) is 0 Å². The molecule has 200 valence electrons. The molecule has 0 saturated carbocycles. The van der Waals surface area contributed by atoms with E-state index in [9.17, 15) is 22.8 Å². The molecule has 1 aromatic carbocycles. The second-order valence-electron chi connectivity index (χ2n) is 8.45. The standard InChI is InChI=1S/C25H30F3N5O4/c1-3-4-5-10-29-30-14-19-7-6-8-22(31-19)32-23(34)20-12-18-15-33(24(35)37-16-25(26,27)28)11-9-17(18)13-21(20)36-2/h6-8,10,12-14,22,31H,3-5,9,11,15-16H2,1-2H3,(H,32,34)/b29-10+,30-14+. The van der Waals surface area contributed by atoms with Crippen LogP contribution < -0.4 is 15.4 Å². The van der Waals surface area contributed by atoms with E-state index in [1.165, 1.54) is 12.0 Å². The van der Waals surface area contributed by atoms with Gasteiger partial charge in [0.2, 0.25) is 0 Å². The van der Waals surface area contributed by atoms with E-state index in [1.807, 2.05) is 0 Å². The highest BCUT2D eigenvalue weighted by atomic mass is 19.4. The summed E-state index contributed by atoms with van der Waals surface area (Å²) in [6.07, 6.45) is 5.79. The van der Waals surface area contributed by atoms with Crippen molar-refractivity contribution in [3.05, 3.63) is 52.7 Å². The Bertz CT molecular complexity index is 1100. The van der Waals surface area contributed by atoms with Crippen molar-refractivity contribution in [2.24, 2.45) is 10.2 Å². The van der Waals surface area contributed by atoms with Crippen LogP contribution in [-0.4, -0.2) is 61.9 Å². The summed E-state index contributed by atoms with van der Waals surface area (Å²) in [5.41, 5.74) is 2.35. The third-order valence-corrected chi connectivity index (χ3v) is 5.62. The topological polar surface area (TPSA) is 105 Å². The fourth-order valence-electron chi connectivity index (χ4n) is 3.75. The van der Waals surface area contributed by atoms with E-state index in [-0.39, 0.29) is 18.7 Å². The third-order valence-electron chi connectivity index (χ3n) is 5.62. The molecule has 0 aliphatic carbocycles. The fourth-order valence-corrected chi connectivity index (χ4v) is 3.75. The number of rotatable bonds is 9. The number of fused-ring (bicyclic) bond motifs is 1. The highest BCUT2D eigenvalue weighted by Crippen LogP contribution is 2.29. The molecule has 37 heavy (non-hydrogen) atoms. The van der Waals surface area contributed by atoms with Crippen LogP contribution in [0.1, 0.15) is 47.7 Å². The molecule has 2 aliphatic rings. The summed E-state index contributed by atoms with van der Waals surface area (Å²) in [5, 5.41) is 14.0. The van der Waals surface area contributed by atoms with Crippen LogP contribution in [0.15, 0.2) is 46.3 Å². The zero-order valence-corrected chi connectivity index (χ0v) is 20.7. The summed E-state index contributed by atoms with van der Waals surface area (Å²) >= 11 is 0. The zero-order chi connectivity index (χ0) is 26.8. The molecule has 1 unspecified atom stereocenters. The lowest BCUT2D eigenvalue weighted by atomic mass is 9.96. The SMILES string of the molecule is CCCC/C=N/N=C/C1=CC=CC(NC(=O)c2cc3c(cc2OC)CCN(C(=O)OCC(F)(F)F)C3)N1. The Balaban J connectivity index is 1.64. The molecule has 0 saturated heterocycles. The van der Waals surface area contributed by atoms with Gasteiger partial charge in [-0.15, -0.1) is 0 Å². The first kappa shape index (κ1) is 27.8. The molecule has 1 aromatic rings. The number of amides is 2. The molecule has 0 spiro atoms. The molecule has 9 nitrogen and oxygen atoms in total. The molecular formula is C25H30F3N5O4. The molecule has 0 aromatic heterocycles. The van der Waals surface area contributed by atoms with Crippen molar-refractivity contribution in [2.75, 3.05) is 20.3 Å². The van der Waals surface area contributed by atoms with Crippen molar-refractivity contribution in [1.82, 2.24) is 15.5 Å². The first-order valence-corrected chi connectivity index (χ1v) is 11.9. The van der Waals surface area contributed by atoms with Gasteiger partial charge in [0.25, 0.3) is 5.91 Å². The van der Waals surface area contributed by atoms with Gasteiger partial charge < -0.3 is 25.0 Å². The lowest BCUT2D eigenvalue weighted by molar-refractivity contribution is -0.162. The number of hydrogen-bond donors (Lipinski definition) is 2. The van der Waals surface area contributed by atoms with E-state index >= 15 is 0 Å². The molecule has 2 N–H and O–H groups in total. The van der Waals surface area contributed by atoms with E-state index < -0.39 is 30.9 Å². The van der Waals surface area contributed by atoms with Gasteiger partial charge in [-0.25, -0.2) is 4.79 Å². The Morgan fingerprint density at radius 2 is 2.08 bits per heavy atom. The normalized spacial score (nSPS) is 17.4. The second-order valence-corrected chi connectivity index (χ2v) is 8.45. The zero-order valence-electron chi connectivity index (χ0n) is 20.7. The largest absolute Gasteiger partial charge is 0.496 e. The van der Waals surface area contributed by atoms with E-state index in [0.717, 1.165) is 24.8 Å². The number of nitrogens with one attached hydrogen (secondary N) is 2. The van der Waals surface area contributed by atoms with Gasteiger partial charge in [0.15, 0.2) is 6.61 Å². The maximum Gasteiger partial charge on any atom is 0.422 e. The molecule has 0 fully saturated rings. The number of dihydropyridines is 1. The maximum absolute atomic E-state index is 13.1. The van der Waals surface area contributed by atoms with Crippen LogP contribution in [0.2, 0.25) is 0 Å². The van der Waals surface area contributed by atoms with Gasteiger partial charge in [-0.3, -0.25) is 4.79 Å². The monoisotopic (exact) mass is 521 g/mol. The van der Waals surface area contributed by atoms with Crippen molar-refractivity contribution in [3.63, 3.8) is 0 Å². The Kier molecular flexibility index (Phi) is 9.70. The lowest BCUT2D eigenvalue weighted by Crippen LogP contribution is -2.45. The number of carbonyl (C=O) groups is 2. The van der Waals surface area contributed by atoms with E-state index in [4.69, 9.17) is 4.74 Å². The van der Waals surface area contributed by atoms with Crippen molar-refractivity contribution < 1.29 is 32.2 Å². The third kappa shape index (κ3) is 8.36. The van der Waals surface area contributed by atoms with Crippen molar-refractivity contribution in [3.8, 4) is 5.75 Å². The van der Waals surface area contributed by atoms with Crippen LogP contribution in [0.4, 0.5) is 18.0 Å². The van der Waals surface area contributed by atoms with Crippen molar-refractivity contribution in [2.45, 2.75) is 51.5 Å². The van der Waals surface area contributed by atoms with Gasteiger partial charge in [0.05, 0.1) is 24.6 Å². The maximum atomic E-state index is 13.1. The smallest absolute Gasteiger partial charge is 0.422 e.